The number of fused-ring (bicyclic) bond motifs is 3. The van der Waals surface area contributed by atoms with Gasteiger partial charge in [-0.1, -0.05) is 61.4 Å². The Balaban J connectivity index is 1.28. The second-order valence-electron chi connectivity index (χ2n) is 10.5. The van der Waals surface area contributed by atoms with Crippen molar-refractivity contribution in [3.8, 4) is 0 Å². The Bertz CT molecular complexity index is 1280. The van der Waals surface area contributed by atoms with Crippen LogP contribution in [-0.4, -0.2) is 29.3 Å². The predicted molar refractivity (Wildman–Crippen MR) is 141 cm³/mol. The van der Waals surface area contributed by atoms with Crippen LogP contribution in [0.3, 0.4) is 0 Å². The normalized spacial score (nSPS) is 26.5. The maximum absolute atomic E-state index is 14.2. The Morgan fingerprint density at radius 3 is 2.41 bits per heavy atom. The standard InChI is InChI=1S/C31H32FN3O2/c32-22-16-14-20(15-17-22)28-25-18-19-35(29(25)23-10-4-6-12-26(23)33-28)31(37)24-11-5-7-13-27(24)34-30(36)21-8-2-1-3-9-21/h1-4,6,8-10,12,14-17,24-25,27-29,33H,5,7,11,13,18-19H2,(H,34,36)/t24-,25+,27?,28-,29-/m0/s1. The molecule has 6 rings (SSSR count). The first-order chi connectivity index (χ1) is 18.1. The van der Waals surface area contributed by atoms with Gasteiger partial charge in [0.1, 0.15) is 5.82 Å². The highest BCUT2D eigenvalue weighted by Crippen LogP contribution is 2.51. The van der Waals surface area contributed by atoms with Crippen molar-refractivity contribution in [2.45, 2.75) is 50.2 Å². The number of para-hydroxylation sites is 1. The summed E-state index contributed by atoms with van der Waals surface area (Å²) in [4.78, 5) is 29.2. The molecule has 0 spiro atoms. The highest BCUT2D eigenvalue weighted by atomic mass is 19.1. The van der Waals surface area contributed by atoms with Crippen LogP contribution in [0.5, 0.6) is 0 Å². The van der Waals surface area contributed by atoms with E-state index in [1.165, 1.54) is 12.1 Å². The van der Waals surface area contributed by atoms with Crippen molar-refractivity contribution >= 4 is 17.5 Å². The van der Waals surface area contributed by atoms with Gasteiger partial charge in [0, 0.05) is 29.8 Å². The molecular weight excluding hydrogens is 465 g/mol. The van der Waals surface area contributed by atoms with E-state index in [1.54, 1.807) is 0 Å². The van der Waals surface area contributed by atoms with E-state index < -0.39 is 0 Å². The molecule has 2 amide bonds. The second-order valence-corrected chi connectivity index (χ2v) is 10.5. The zero-order valence-electron chi connectivity index (χ0n) is 20.8. The van der Waals surface area contributed by atoms with E-state index in [0.29, 0.717) is 12.1 Å². The lowest BCUT2D eigenvalue weighted by Crippen LogP contribution is -2.50. The van der Waals surface area contributed by atoms with Gasteiger partial charge in [0.15, 0.2) is 0 Å². The third kappa shape index (κ3) is 4.50. The fourth-order valence-corrected chi connectivity index (χ4v) is 6.63. The Morgan fingerprint density at radius 1 is 0.865 bits per heavy atom. The summed E-state index contributed by atoms with van der Waals surface area (Å²) in [6.07, 6.45) is 4.47. The smallest absolute Gasteiger partial charge is 0.251 e. The molecule has 1 aliphatic carbocycles. The van der Waals surface area contributed by atoms with E-state index in [-0.39, 0.29) is 47.6 Å². The lowest BCUT2D eigenvalue weighted by molar-refractivity contribution is -0.138. The molecule has 5 atom stereocenters. The number of nitrogens with one attached hydrogen (secondary N) is 2. The first-order valence-electron chi connectivity index (χ1n) is 13.4. The molecule has 6 heteroatoms. The second kappa shape index (κ2) is 10.0. The van der Waals surface area contributed by atoms with Crippen LogP contribution in [0, 0.1) is 17.7 Å². The quantitative estimate of drug-likeness (QED) is 0.474. The zero-order valence-corrected chi connectivity index (χ0v) is 20.8. The summed E-state index contributed by atoms with van der Waals surface area (Å²) in [6, 6.07) is 23.9. The maximum atomic E-state index is 14.2. The van der Waals surface area contributed by atoms with E-state index in [0.717, 1.165) is 48.9 Å². The molecule has 1 saturated heterocycles. The van der Waals surface area contributed by atoms with Crippen molar-refractivity contribution in [2.75, 3.05) is 11.9 Å². The van der Waals surface area contributed by atoms with Gasteiger partial charge in [0.25, 0.3) is 5.91 Å². The average molecular weight is 498 g/mol. The summed E-state index contributed by atoms with van der Waals surface area (Å²) >= 11 is 0. The molecule has 3 aromatic carbocycles. The van der Waals surface area contributed by atoms with E-state index in [4.69, 9.17) is 0 Å². The highest BCUT2D eigenvalue weighted by Gasteiger charge is 2.48. The summed E-state index contributed by atoms with van der Waals surface area (Å²) in [5.41, 5.74) is 3.81. The van der Waals surface area contributed by atoms with Crippen LogP contribution >= 0.6 is 0 Å². The molecule has 3 aromatic rings. The van der Waals surface area contributed by atoms with Gasteiger partial charge in [0.05, 0.1) is 18.0 Å². The summed E-state index contributed by atoms with van der Waals surface area (Å²) in [6.45, 7) is 0.678. The van der Waals surface area contributed by atoms with Gasteiger partial charge in [-0.2, -0.15) is 0 Å². The third-order valence-electron chi connectivity index (χ3n) is 8.41. The molecule has 0 aromatic heterocycles. The molecule has 3 aliphatic rings. The van der Waals surface area contributed by atoms with Crippen LogP contribution in [0.1, 0.15) is 65.7 Å². The topological polar surface area (TPSA) is 61.4 Å². The van der Waals surface area contributed by atoms with Gasteiger partial charge in [-0.25, -0.2) is 4.39 Å². The zero-order chi connectivity index (χ0) is 25.4. The van der Waals surface area contributed by atoms with Crippen molar-refractivity contribution in [3.05, 3.63) is 101 Å². The monoisotopic (exact) mass is 497 g/mol. The molecule has 2 N–H and O–H groups in total. The maximum Gasteiger partial charge on any atom is 0.251 e. The highest BCUT2D eigenvalue weighted by molar-refractivity contribution is 5.95. The van der Waals surface area contributed by atoms with Gasteiger partial charge in [-0.15, -0.1) is 0 Å². The lowest BCUT2D eigenvalue weighted by atomic mass is 9.79. The first kappa shape index (κ1) is 23.7. The van der Waals surface area contributed by atoms with Crippen molar-refractivity contribution in [3.63, 3.8) is 0 Å². The van der Waals surface area contributed by atoms with Gasteiger partial charge >= 0.3 is 0 Å². The molecule has 2 aliphatic heterocycles. The van der Waals surface area contributed by atoms with E-state index in [1.807, 2.05) is 54.6 Å². The number of hydrogen-bond donors (Lipinski definition) is 2. The lowest BCUT2D eigenvalue weighted by Gasteiger charge is -2.42. The van der Waals surface area contributed by atoms with Crippen LogP contribution in [0.25, 0.3) is 0 Å². The third-order valence-corrected chi connectivity index (χ3v) is 8.41. The van der Waals surface area contributed by atoms with Crippen molar-refractivity contribution in [1.82, 2.24) is 10.2 Å². The number of rotatable bonds is 4. The number of benzene rings is 3. The predicted octanol–water partition coefficient (Wildman–Crippen LogP) is 5.87. The van der Waals surface area contributed by atoms with Crippen LogP contribution < -0.4 is 10.6 Å². The first-order valence-corrected chi connectivity index (χ1v) is 13.4. The van der Waals surface area contributed by atoms with Crippen LogP contribution in [0.2, 0.25) is 0 Å². The number of carbonyl (C=O) groups excluding carboxylic acids is 2. The summed E-state index contributed by atoms with van der Waals surface area (Å²) in [7, 11) is 0. The van der Waals surface area contributed by atoms with Gasteiger partial charge in [-0.3, -0.25) is 9.59 Å². The molecule has 1 saturated carbocycles. The van der Waals surface area contributed by atoms with E-state index in [9.17, 15) is 14.0 Å². The van der Waals surface area contributed by atoms with Gasteiger partial charge < -0.3 is 15.5 Å². The minimum absolute atomic E-state index is 0.00163. The molecular formula is C31H32FN3O2. The number of halogens is 1. The fraction of sp³-hybridized carbons (Fsp3) is 0.355. The van der Waals surface area contributed by atoms with E-state index >= 15 is 0 Å². The molecule has 190 valence electrons. The van der Waals surface area contributed by atoms with Crippen molar-refractivity contribution < 1.29 is 14.0 Å². The Kier molecular flexibility index (Phi) is 6.41. The fourth-order valence-electron chi connectivity index (χ4n) is 6.63. The molecule has 2 heterocycles. The minimum Gasteiger partial charge on any atom is -0.378 e. The van der Waals surface area contributed by atoms with Crippen LogP contribution in [-0.2, 0) is 4.79 Å². The molecule has 5 nitrogen and oxygen atoms in total. The van der Waals surface area contributed by atoms with Crippen LogP contribution in [0.4, 0.5) is 10.1 Å². The van der Waals surface area contributed by atoms with Crippen molar-refractivity contribution in [2.24, 2.45) is 11.8 Å². The molecule has 0 radical (unpaired) electrons. The molecule has 1 unspecified atom stereocenters. The van der Waals surface area contributed by atoms with Crippen LogP contribution in [0.15, 0.2) is 78.9 Å². The SMILES string of the molecule is O=C(NC1CCCC[C@@H]1C(=O)N1CC[C@@H]2[C@H](c3ccc(F)cc3)Nc3ccccc3[C@@H]21)c1ccccc1. The molecule has 37 heavy (non-hydrogen) atoms. The van der Waals surface area contributed by atoms with Crippen molar-refractivity contribution in [1.29, 1.82) is 0 Å². The Labute approximate surface area is 217 Å². The number of amides is 2. The summed E-state index contributed by atoms with van der Waals surface area (Å²) in [5, 5.41) is 6.87. The average Bonchev–Trinajstić information content (AvgIpc) is 3.39. The molecule has 2 fully saturated rings. The number of nitrogens with zero attached hydrogens (tertiary/aromatic N) is 1. The van der Waals surface area contributed by atoms with E-state index in [2.05, 4.69) is 27.7 Å². The number of anilines is 1. The Hall–Kier alpha value is -3.67. The summed E-state index contributed by atoms with van der Waals surface area (Å²) in [5.74, 6) is -0.273. The van der Waals surface area contributed by atoms with Gasteiger partial charge in [-0.05, 0) is 60.7 Å². The number of likely N-dealkylation sites (tertiary alicyclic amines) is 1. The largest absolute Gasteiger partial charge is 0.378 e. The summed E-state index contributed by atoms with van der Waals surface area (Å²) < 4.78 is 13.7. The number of hydrogen-bond acceptors (Lipinski definition) is 3. The Morgan fingerprint density at radius 2 is 1.59 bits per heavy atom. The minimum atomic E-state index is -0.249. The van der Waals surface area contributed by atoms with Gasteiger partial charge in [0.2, 0.25) is 5.91 Å². The number of carbonyl (C=O) groups is 2. The molecule has 0 bridgehead atoms.